The molecule has 2 aromatic rings. The fraction of sp³-hybridized carbons (Fsp3) is 0.143. The lowest BCUT2D eigenvalue weighted by Gasteiger charge is -2.05. The first-order chi connectivity index (χ1) is 8.18. The number of hydrogen-bond donors (Lipinski definition) is 0. The predicted octanol–water partition coefficient (Wildman–Crippen LogP) is 2.34. The third-order valence-electron chi connectivity index (χ3n) is 2.53. The lowest BCUT2D eigenvalue weighted by Crippen LogP contribution is -2.18. The predicted molar refractivity (Wildman–Crippen MR) is 69.5 cm³/mol. The molecule has 0 radical (unpaired) electrons. The standard InChI is InChI=1S/C14H14N2O/c1-16(2)14(17)8-7-11-9-10-15-13-6-4-3-5-12(11)13/h3-10H,1-2H3. The van der Waals surface area contributed by atoms with E-state index in [1.54, 1.807) is 31.3 Å². The van der Waals surface area contributed by atoms with E-state index >= 15 is 0 Å². The number of nitrogens with zero attached hydrogens (tertiary/aromatic N) is 2. The molecule has 3 nitrogen and oxygen atoms in total. The van der Waals surface area contributed by atoms with Crippen LogP contribution in [-0.2, 0) is 4.79 Å². The molecule has 0 atom stereocenters. The second-order valence-electron chi connectivity index (χ2n) is 3.98. The van der Waals surface area contributed by atoms with Crippen LogP contribution < -0.4 is 0 Å². The maximum absolute atomic E-state index is 11.5. The largest absolute Gasteiger partial charge is 0.345 e. The van der Waals surface area contributed by atoms with Gasteiger partial charge >= 0.3 is 0 Å². The van der Waals surface area contributed by atoms with Crippen molar-refractivity contribution in [1.29, 1.82) is 0 Å². The number of carbonyl (C=O) groups is 1. The van der Waals surface area contributed by atoms with Crippen LogP contribution in [-0.4, -0.2) is 29.9 Å². The van der Waals surface area contributed by atoms with Gasteiger partial charge in [0.15, 0.2) is 0 Å². The Hall–Kier alpha value is -2.16. The van der Waals surface area contributed by atoms with E-state index in [2.05, 4.69) is 4.98 Å². The van der Waals surface area contributed by atoms with Crippen molar-refractivity contribution in [2.45, 2.75) is 0 Å². The number of likely N-dealkylation sites (N-methyl/N-ethyl adjacent to an activating group) is 1. The second-order valence-corrected chi connectivity index (χ2v) is 3.98. The van der Waals surface area contributed by atoms with Crippen LogP contribution in [0.5, 0.6) is 0 Å². The topological polar surface area (TPSA) is 33.2 Å². The van der Waals surface area contributed by atoms with Crippen molar-refractivity contribution in [3.05, 3.63) is 48.2 Å². The summed E-state index contributed by atoms with van der Waals surface area (Å²) in [6.07, 6.45) is 5.15. The first-order valence-electron chi connectivity index (χ1n) is 5.41. The number of rotatable bonds is 2. The van der Waals surface area contributed by atoms with Crippen molar-refractivity contribution < 1.29 is 4.79 Å². The van der Waals surface area contributed by atoms with Gasteiger partial charge in [-0.3, -0.25) is 9.78 Å². The zero-order valence-corrected chi connectivity index (χ0v) is 9.92. The van der Waals surface area contributed by atoms with Crippen molar-refractivity contribution in [2.75, 3.05) is 14.1 Å². The van der Waals surface area contributed by atoms with Gasteiger partial charge in [0.1, 0.15) is 0 Å². The third-order valence-corrected chi connectivity index (χ3v) is 2.53. The van der Waals surface area contributed by atoms with Crippen LogP contribution in [0.1, 0.15) is 5.56 Å². The summed E-state index contributed by atoms with van der Waals surface area (Å²) in [7, 11) is 3.47. The SMILES string of the molecule is CN(C)C(=O)C=Cc1ccnc2ccccc12. The van der Waals surface area contributed by atoms with Crippen LogP contribution in [0.2, 0.25) is 0 Å². The number of pyridine rings is 1. The first kappa shape index (κ1) is 11.3. The van der Waals surface area contributed by atoms with Crippen LogP contribution in [0.4, 0.5) is 0 Å². The summed E-state index contributed by atoms with van der Waals surface area (Å²) in [6.45, 7) is 0. The van der Waals surface area contributed by atoms with Gasteiger partial charge in [-0.25, -0.2) is 0 Å². The molecule has 0 unspecified atom stereocenters. The van der Waals surface area contributed by atoms with Crippen LogP contribution in [0.25, 0.3) is 17.0 Å². The summed E-state index contributed by atoms with van der Waals surface area (Å²) in [6, 6.07) is 9.78. The Labute approximate surface area is 100 Å². The quantitative estimate of drug-likeness (QED) is 0.736. The summed E-state index contributed by atoms with van der Waals surface area (Å²) in [4.78, 5) is 17.3. The Kier molecular flexibility index (Phi) is 3.19. The summed E-state index contributed by atoms with van der Waals surface area (Å²) < 4.78 is 0. The molecule has 0 saturated heterocycles. The first-order valence-corrected chi connectivity index (χ1v) is 5.41. The van der Waals surface area contributed by atoms with E-state index in [1.165, 1.54) is 0 Å². The summed E-state index contributed by atoms with van der Waals surface area (Å²) in [5.74, 6) is -0.0223. The van der Waals surface area contributed by atoms with Gasteiger partial charge in [-0.15, -0.1) is 0 Å². The Balaban J connectivity index is 2.39. The van der Waals surface area contributed by atoms with Gasteiger partial charge in [-0.05, 0) is 23.8 Å². The van der Waals surface area contributed by atoms with Crippen molar-refractivity contribution in [1.82, 2.24) is 9.88 Å². The molecule has 86 valence electrons. The lowest BCUT2D eigenvalue weighted by molar-refractivity contribution is -0.123. The average Bonchev–Trinajstić information content (AvgIpc) is 2.35. The van der Waals surface area contributed by atoms with E-state index in [9.17, 15) is 4.79 Å². The number of fused-ring (bicyclic) bond motifs is 1. The minimum atomic E-state index is -0.0223. The van der Waals surface area contributed by atoms with Crippen LogP contribution in [0.3, 0.4) is 0 Å². The van der Waals surface area contributed by atoms with Gasteiger partial charge in [0.05, 0.1) is 5.52 Å². The lowest BCUT2D eigenvalue weighted by atomic mass is 10.1. The molecule has 1 heterocycles. The van der Waals surface area contributed by atoms with Crippen molar-refractivity contribution in [3.63, 3.8) is 0 Å². The number of aromatic nitrogens is 1. The Morgan fingerprint density at radius 3 is 2.76 bits per heavy atom. The Morgan fingerprint density at radius 1 is 1.24 bits per heavy atom. The molecule has 3 heteroatoms. The summed E-state index contributed by atoms with van der Waals surface area (Å²) in [5.41, 5.74) is 1.94. The second kappa shape index (κ2) is 4.78. The van der Waals surface area contributed by atoms with Gasteiger partial charge in [-0.1, -0.05) is 18.2 Å². The van der Waals surface area contributed by atoms with E-state index in [0.29, 0.717) is 0 Å². The highest BCUT2D eigenvalue weighted by Gasteiger charge is 2.00. The molecule has 0 aliphatic carbocycles. The summed E-state index contributed by atoms with van der Waals surface area (Å²) >= 11 is 0. The van der Waals surface area contributed by atoms with Gasteiger partial charge in [0.25, 0.3) is 0 Å². The molecular formula is C14H14N2O. The van der Waals surface area contributed by atoms with Crippen molar-refractivity contribution in [2.24, 2.45) is 0 Å². The van der Waals surface area contributed by atoms with Crippen molar-refractivity contribution in [3.8, 4) is 0 Å². The minimum Gasteiger partial charge on any atom is -0.345 e. The monoisotopic (exact) mass is 226 g/mol. The van der Waals surface area contributed by atoms with Crippen LogP contribution in [0, 0.1) is 0 Å². The molecule has 1 aromatic heterocycles. The molecular weight excluding hydrogens is 212 g/mol. The number of hydrogen-bond acceptors (Lipinski definition) is 2. The smallest absolute Gasteiger partial charge is 0.246 e. The summed E-state index contributed by atoms with van der Waals surface area (Å²) in [5, 5.41) is 1.05. The van der Waals surface area contributed by atoms with Gasteiger partial charge in [0.2, 0.25) is 5.91 Å². The normalized spacial score (nSPS) is 10.9. The Bertz CT molecular complexity index is 568. The highest BCUT2D eigenvalue weighted by atomic mass is 16.2. The molecule has 17 heavy (non-hydrogen) atoms. The van der Waals surface area contributed by atoms with Crippen LogP contribution in [0.15, 0.2) is 42.6 Å². The highest BCUT2D eigenvalue weighted by molar-refractivity contribution is 5.95. The zero-order valence-electron chi connectivity index (χ0n) is 9.92. The van der Waals surface area contributed by atoms with Crippen molar-refractivity contribution >= 4 is 22.9 Å². The van der Waals surface area contributed by atoms with Crippen LogP contribution >= 0.6 is 0 Å². The van der Waals surface area contributed by atoms with Gasteiger partial charge < -0.3 is 4.90 Å². The molecule has 0 saturated carbocycles. The average molecular weight is 226 g/mol. The van der Waals surface area contributed by atoms with E-state index < -0.39 is 0 Å². The minimum absolute atomic E-state index is 0.0223. The fourth-order valence-electron chi connectivity index (χ4n) is 1.57. The molecule has 1 amide bonds. The van der Waals surface area contributed by atoms with Gasteiger partial charge in [0, 0.05) is 31.8 Å². The molecule has 2 rings (SSSR count). The Morgan fingerprint density at radius 2 is 2.00 bits per heavy atom. The highest BCUT2D eigenvalue weighted by Crippen LogP contribution is 2.17. The maximum Gasteiger partial charge on any atom is 0.246 e. The number of benzene rings is 1. The van der Waals surface area contributed by atoms with E-state index in [0.717, 1.165) is 16.5 Å². The van der Waals surface area contributed by atoms with E-state index in [4.69, 9.17) is 0 Å². The number of carbonyl (C=O) groups excluding carboxylic acids is 1. The molecule has 0 aliphatic rings. The zero-order chi connectivity index (χ0) is 12.3. The van der Waals surface area contributed by atoms with Gasteiger partial charge in [-0.2, -0.15) is 0 Å². The molecule has 0 spiro atoms. The van der Waals surface area contributed by atoms with E-state index in [-0.39, 0.29) is 5.91 Å². The molecule has 0 N–H and O–H groups in total. The number of para-hydroxylation sites is 1. The maximum atomic E-state index is 11.5. The molecule has 0 bridgehead atoms. The van der Waals surface area contributed by atoms with E-state index in [1.807, 2.05) is 36.4 Å². The molecule has 0 fully saturated rings. The molecule has 0 aliphatic heterocycles. The third kappa shape index (κ3) is 2.50. The number of amides is 1. The fourth-order valence-corrected chi connectivity index (χ4v) is 1.57. The molecule has 1 aromatic carbocycles.